The van der Waals surface area contributed by atoms with Crippen LogP contribution in [0, 0.1) is 0 Å². The average molecular weight is 612 g/mol. The van der Waals surface area contributed by atoms with Crippen molar-refractivity contribution in [1.29, 1.82) is 0 Å². The second-order valence-corrected chi connectivity index (χ2v) is 11.3. The molecule has 9 nitrogen and oxygen atoms in total. The molecule has 0 spiro atoms. The van der Waals surface area contributed by atoms with Gasteiger partial charge in [-0.05, 0) is 36.4 Å². The molecule has 8 aromatic rings. The number of nitrogens with zero attached hydrogens (tertiary/aromatic N) is 7. The Morgan fingerprint density at radius 2 is 1.11 bits per heavy atom. The van der Waals surface area contributed by atoms with Gasteiger partial charge in [-0.3, -0.25) is 0 Å². The highest BCUT2D eigenvalue weighted by Crippen LogP contribution is 2.31. The minimum atomic E-state index is -0.0895. The minimum Gasteiger partial charge on any atom is -0.389 e. The fraction of sp³-hybridized carbons (Fsp3) is 0.0857. The van der Waals surface area contributed by atoms with Crippen LogP contribution in [-0.4, -0.2) is 44.3 Å². The number of aryl methyl sites for hydroxylation is 1. The van der Waals surface area contributed by atoms with E-state index in [1.165, 1.54) is 11.3 Å². The number of hydrogen-bond acceptors (Lipinski definition) is 7. The molecule has 0 amide bonds. The summed E-state index contributed by atoms with van der Waals surface area (Å²) in [6, 6.07) is 36.3. The second kappa shape index (κ2) is 12.3. The third kappa shape index (κ3) is 5.42. The van der Waals surface area contributed by atoms with Gasteiger partial charge in [0, 0.05) is 29.4 Å². The van der Waals surface area contributed by atoms with E-state index in [0.29, 0.717) is 10.8 Å². The van der Waals surface area contributed by atoms with Gasteiger partial charge in [-0.25, -0.2) is 19.3 Å². The summed E-state index contributed by atoms with van der Waals surface area (Å²) in [6.45, 7) is -0.129. The molecule has 4 aromatic heterocycles. The van der Waals surface area contributed by atoms with E-state index in [1.807, 2.05) is 124 Å². The van der Waals surface area contributed by atoms with E-state index in [2.05, 4.69) is 28.2 Å². The Labute approximate surface area is 262 Å². The van der Waals surface area contributed by atoms with Crippen molar-refractivity contribution in [3.63, 3.8) is 0 Å². The molecule has 0 aliphatic rings. The van der Waals surface area contributed by atoms with Crippen molar-refractivity contribution in [2.75, 3.05) is 0 Å². The normalized spacial score (nSPS) is 11.2. The summed E-state index contributed by atoms with van der Waals surface area (Å²) in [5.74, 6) is 0.623. The molecule has 4 heterocycles. The second-order valence-electron chi connectivity index (χ2n) is 10.3. The van der Waals surface area contributed by atoms with Crippen molar-refractivity contribution in [3.8, 4) is 34.2 Å². The van der Waals surface area contributed by atoms with Crippen LogP contribution in [0.25, 0.3) is 56.0 Å². The van der Waals surface area contributed by atoms with Crippen LogP contribution >= 0.6 is 11.3 Å². The molecule has 0 bridgehead atoms. The number of fused-ring (bicyclic) bond motifs is 2. The van der Waals surface area contributed by atoms with Gasteiger partial charge in [0.15, 0.2) is 0 Å². The third-order valence-corrected chi connectivity index (χ3v) is 8.30. The van der Waals surface area contributed by atoms with Gasteiger partial charge in [0.1, 0.15) is 40.2 Å². The number of benzene rings is 4. The Morgan fingerprint density at radius 3 is 1.60 bits per heavy atom. The Hall–Kier alpha value is -5.42. The highest BCUT2D eigenvalue weighted by atomic mass is 32.1. The fourth-order valence-electron chi connectivity index (χ4n) is 5.30. The molecule has 4 aromatic carbocycles. The number of aromatic nitrogens is 7. The quantitative estimate of drug-likeness (QED) is 0.221. The zero-order valence-corrected chi connectivity index (χ0v) is 25.2. The lowest BCUT2D eigenvalue weighted by Crippen LogP contribution is -1.95. The first-order valence-electron chi connectivity index (χ1n) is 14.4. The Kier molecular flexibility index (Phi) is 7.75. The van der Waals surface area contributed by atoms with Gasteiger partial charge in [-0.15, -0.1) is 11.3 Å². The molecule has 0 saturated carbocycles. The molecule has 0 atom stereocenters. The average Bonchev–Trinajstić information content (AvgIpc) is 3.89. The van der Waals surface area contributed by atoms with E-state index in [-0.39, 0.29) is 13.2 Å². The van der Waals surface area contributed by atoms with Crippen LogP contribution in [-0.2, 0) is 20.3 Å². The van der Waals surface area contributed by atoms with Crippen molar-refractivity contribution in [3.05, 3.63) is 132 Å². The summed E-state index contributed by atoms with van der Waals surface area (Å²) < 4.78 is 5.69. The molecule has 0 radical (unpaired) electrons. The van der Waals surface area contributed by atoms with E-state index in [4.69, 9.17) is 10.2 Å². The smallest absolute Gasteiger partial charge is 0.135 e. The maximum Gasteiger partial charge on any atom is 0.135 e. The predicted molar refractivity (Wildman–Crippen MR) is 177 cm³/mol. The van der Waals surface area contributed by atoms with Crippen molar-refractivity contribution < 1.29 is 10.2 Å². The van der Waals surface area contributed by atoms with E-state index in [9.17, 15) is 10.2 Å². The SMILES string of the molecule is Cn1cc(-c2nn(-c3ccccc3)c3ccccc23)nc1CO.OCc1nc(-c2nn(-c3ccccc3)c3ccccc23)cs1. The third-order valence-electron chi connectivity index (χ3n) is 7.46. The summed E-state index contributed by atoms with van der Waals surface area (Å²) in [5.41, 5.74) is 7.33. The Morgan fingerprint density at radius 1 is 0.600 bits per heavy atom. The minimum absolute atomic E-state index is 0.0397. The van der Waals surface area contributed by atoms with Crippen LogP contribution in [0.2, 0.25) is 0 Å². The molecule has 0 saturated heterocycles. The molecule has 0 aliphatic carbocycles. The molecular weight excluding hydrogens is 582 g/mol. The van der Waals surface area contributed by atoms with Crippen LogP contribution in [0.1, 0.15) is 10.8 Å². The summed E-state index contributed by atoms with van der Waals surface area (Å²) in [4.78, 5) is 8.94. The van der Waals surface area contributed by atoms with Gasteiger partial charge in [0.2, 0.25) is 0 Å². The first-order chi connectivity index (χ1) is 22.1. The number of aliphatic hydroxyl groups excluding tert-OH is 2. The monoisotopic (exact) mass is 611 g/mol. The highest BCUT2D eigenvalue weighted by Gasteiger charge is 2.17. The van der Waals surface area contributed by atoms with Gasteiger partial charge in [-0.2, -0.15) is 10.2 Å². The maximum absolute atomic E-state index is 9.37. The largest absolute Gasteiger partial charge is 0.389 e. The molecule has 10 heteroatoms. The van der Waals surface area contributed by atoms with Gasteiger partial charge in [0.05, 0.1) is 29.0 Å². The first kappa shape index (κ1) is 28.4. The molecule has 45 heavy (non-hydrogen) atoms. The topological polar surface area (TPSA) is 107 Å². The van der Waals surface area contributed by atoms with Crippen LogP contribution in [0.15, 0.2) is 121 Å². The first-order valence-corrected chi connectivity index (χ1v) is 15.3. The summed E-state index contributed by atoms with van der Waals surface area (Å²) >= 11 is 1.45. The molecule has 0 fully saturated rings. The lowest BCUT2D eigenvalue weighted by atomic mass is 10.2. The van der Waals surface area contributed by atoms with E-state index >= 15 is 0 Å². The highest BCUT2D eigenvalue weighted by molar-refractivity contribution is 7.09. The van der Waals surface area contributed by atoms with Crippen molar-refractivity contribution in [2.24, 2.45) is 7.05 Å². The molecule has 8 rings (SSSR count). The lowest BCUT2D eigenvalue weighted by molar-refractivity contribution is 0.267. The summed E-state index contributed by atoms with van der Waals surface area (Å²) in [6.07, 6.45) is 1.90. The Bertz CT molecular complexity index is 2220. The number of imidazole rings is 1. The molecule has 222 valence electrons. The van der Waals surface area contributed by atoms with Gasteiger partial charge < -0.3 is 14.8 Å². The van der Waals surface area contributed by atoms with E-state index < -0.39 is 0 Å². The maximum atomic E-state index is 9.37. The van der Waals surface area contributed by atoms with E-state index in [1.54, 1.807) is 0 Å². The van der Waals surface area contributed by atoms with Gasteiger partial charge in [0.25, 0.3) is 0 Å². The standard InChI is InChI=1S/C18H16N4O.C17H13N3OS/c1-21-11-15(19-17(21)12-23)18-14-9-5-6-10-16(14)22(20-18)13-7-3-2-4-8-13;21-10-16-18-14(11-22-16)17-13-8-4-5-9-15(13)20(19-17)12-6-2-1-3-7-12/h2-11,23H,12H2,1H3;1-9,11,21H,10H2. The molecule has 2 N–H and O–H groups in total. The summed E-state index contributed by atoms with van der Waals surface area (Å²) in [7, 11) is 1.87. The number of rotatable bonds is 6. The van der Waals surface area contributed by atoms with Crippen LogP contribution < -0.4 is 0 Å². The molecule has 0 aliphatic heterocycles. The fourth-order valence-corrected chi connectivity index (χ4v) is 5.94. The van der Waals surface area contributed by atoms with Crippen molar-refractivity contribution >= 4 is 33.1 Å². The number of thiazole rings is 1. The van der Waals surface area contributed by atoms with Crippen LogP contribution in [0.4, 0.5) is 0 Å². The van der Waals surface area contributed by atoms with Crippen LogP contribution in [0.3, 0.4) is 0 Å². The Balaban J connectivity index is 0.000000145. The van der Waals surface area contributed by atoms with Gasteiger partial charge in [-0.1, -0.05) is 72.8 Å². The van der Waals surface area contributed by atoms with E-state index in [0.717, 1.165) is 56.0 Å². The number of aliphatic hydroxyl groups is 2. The molecular formula is C35H29N7O2S. The van der Waals surface area contributed by atoms with Gasteiger partial charge >= 0.3 is 0 Å². The predicted octanol–water partition coefficient (Wildman–Crippen LogP) is 6.56. The summed E-state index contributed by atoms with van der Waals surface area (Å²) in [5, 5.41) is 32.9. The zero-order valence-electron chi connectivity index (χ0n) is 24.4. The lowest BCUT2D eigenvalue weighted by Gasteiger charge is -2.01. The van der Waals surface area contributed by atoms with Crippen molar-refractivity contribution in [2.45, 2.75) is 13.2 Å². The number of hydrogen-bond donors (Lipinski definition) is 2. The zero-order chi connectivity index (χ0) is 30.8. The number of para-hydroxylation sites is 4. The molecule has 0 unspecified atom stereocenters. The van der Waals surface area contributed by atoms with Crippen LogP contribution in [0.5, 0.6) is 0 Å². The van der Waals surface area contributed by atoms with Crippen molar-refractivity contribution in [1.82, 2.24) is 34.1 Å².